The predicted molar refractivity (Wildman–Crippen MR) is 101 cm³/mol. The number of rotatable bonds is 5. The smallest absolute Gasteiger partial charge is 0.122 e. The normalized spacial score (nSPS) is 33.3. The second-order valence-corrected chi connectivity index (χ2v) is 8.05. The van der Waals surface area contributed by atoms with Crippen molar-refractivity contribution in [2.24, 2.45) is 5.92 Å². The van der Waals surface area contributed by atoms with Crippen molar-refractivity contribution in [3.63, 3.8) is 0 Å². The Kier molecular flexibility index (Phi) is 4.21. The van der Waals surface area contributed by atoms with Crippen LogP contribution in [0.5, 0.6) is 5.75 Å². The number of H-pyrrole nitrogens is 1. The molecule has 0 amide bonds. The Morgan fingerprint density at radius 2 is 2.04 bits per heavy atom. The SMILES string of the molecule is COc1ccccc1[C@@H]1CN(CCc2cn[nH]c2)[C@H]2C3CCN(CC3)[C@@H]12. The highest BCUT2D eigenvalue weighted by Gasteiger charge is 2.53. The number of fused-ring (bicyclic) bond motifs is 2. The van der Waals surface area contributed by atoms with Gasteiger partial charge in [0.2, 0.25) is 0 Å². The fourth-order valence-electron chi connectivity index (χ4n) is 5.73. The number of piperidine rings is 3. The highest BCUT2D eigenvalue weighted by molar-refractivity contribution is 5.39. The van der Waals surface area contributed by atoms with Crippen molar-refractivity contribution >= 4 is 0 Å². The molecule has 3 atom stereocenters. The number of aromatic amines is 1. The number of nitrogens with zero attached hydrogens (tertiary/aromatic N) is 3. The molecule has 0 saturated carbocycles. The summed E-state index contributed by atoms with van der Waals surface area (Å²) in [6.45, 7) is 4.80. The van der Waals surface area contributed by atoms with Crippen molar-refractivity contribution < 1.29 is 4.74 Å². The van der Waals surface area contributed by atoms with Gasteiger partial charge in [0.05, 0.1) is 13.3 Å². The number of benzene rings is 1. The molecule has 4 fully saturated rings. The van der Waals surface area contributed by atoms with Crippen LogP contribution in [-0.4, -0.2) is 65.4 Å². The van der Waals surface area contributed by atoms with E-state index in [0.29, 0.717) is 18.0 Å². The zero-order valence-electron chi connectivity index (χ0n) is 15.5. The van der Waals surface area contributed by atoms with E-state index in [1.54, 1.807) is 7.11 Å². The fourth-order valence-corrected chi connectivity index (χ4v) is 5.73. The maximum absolute atomic E-state index is 5.72. The van der Waals surface area contributed by atoms with Gasteiger partial charge in [-0.05, 0) is 49.9 Å². The van der Waals surface area contributed by atoms with Gasteiger partial charge in [-0.15, -0.1) is 0 Å². The first kappa shape index (κ1) is 16.3. The molecule has 6 rings (SSSR count). The van der Waals surface area contributed by atoms with E-state index < -0.39 is 0 Å². The number of hydrogen-bond acceptors (Lipinski definition) is 4. The van der Waals surface area contributed by atoms with Crippen molar-refractivity contribution in [2.75, 3.05) is 33.3 Å². The monoisotopic (exact) mass is 352 g/mol. The summed E-state index contributed by atoms with van der Waals surface area (Å²) in [6, 6.07) is 9.98. The van der Waals surface area contributed by atoms with Crippen LogP contribution >= 0.6 is 0 Å². The first-order chi connectivity index (χ1) is 12.8. The van der Waals surface area contributed by atoms with Gasteiger partial charge < -0.3 is 4.74 Å². The predicted octanol–water partition coefficient (Wildman–Crippen LogP) is 2.52. The van der Waals surface area contributed by atoms with E-state index in [1.165, 1.54) is 37.1 Å². The first-order valence-corrected chi connectivity index (χ1v) is 9.94. The summed E-state index contributed by atoms with van der Waals surface area (Å²) in [5, 5.41) is 7.05. The summed E-state index contributed by atoms with van der Waals surface area (Å²) in [6.07, 6.45) is 7.79. The minimum absolute atomic E-state index is 0.545. The summed E-state index contributed by atoms with van der Waals surface area (Å²) in [5.41, 5.74) is 2.70. The minimum Gasteiger partial charge on any atom is -0.496 e. The summed E-state index contributed by atoms with van der Waals surface area (Å²) >= 11 is 0. The largest absolute Gasteiger partial charge is 0.496 e. The first-order valence-electron chi connectivity index (χ1n) is 9.94. The molecule has 0 unspecified atom stereocenters. The molecule has 1 N–H and O–H groups in total. The van der Waals surface area contributed by atoms with Crippen LogP contribution in [0.25, 0.3) is 0 Å². The van der Waals surface area contributed by atoms with E-state index in [1.807, 2.05) is 12.4 Å². The van der Waals surface area contributed by atoms with E-state index in [0.717, 1.165) is 31.2 Å². The highest BCUT2D eigenvalue weighted by atomic mass is 16.5. The third kappa shape index (κ3) is 2.65. The van der Waals surface area contributed by atoms with E-state index in [-0.39, 0.29) is 0 Å². The van der Waals surface area contributed by atoms with Gasteiger partial charge in [-0.2, -0.15) is 5.10 Å². The number of likely N-dealkylation sites (tertiary alicyclic amines) is 1. The van der Waals surface area contributed by atoms with Crippen LogP contribution in [0, 0.1) is 5.92 Å². The van der Waals surface area contributed by atoms with Gasteiger partial charge in [-0.25, -0.2) is 0 Å². The molecule has 5 heteroatoms. The topological polar surface area (TPSA) is 44.4 Å². The van der Waals surface area contributed by atoms with Gasteiger partial charge in [-0.3, -0.25) is 14.9 Å². The van der Waals surface area contributed by atoms with Gasteiger partial charge in [0.1, 0.15) is 5.75 Å². The maximum Gasteiger partial charge on any atom is 0.122 e. The summed E-state index contributed by atoms with van der Waals surface area (Å²) < 4.78 is 5.72. The Hall–Kier alpha value is -1.85. The Morgan fingerprint density at radius 1 is 1.19 bits per heavy atom. The second kappa shape index (κ2) is 6.71. The van der Waals surface area contributed by atoms with Crippen LogP contribution in [0.2, 0.25) is 0 Å². The van der Waals surface area contributed by atoms with E-state index in [9.17, 15) is 0 Å². The zero-order chi connectivity index (χ0) is 17.5. The molecule has 5 heterocycles. The summed E-state index contributed by atoms with van der Waals surface area (Å²) in [5.74, 6) is 2.45. The number of aromatic nitrogens is 2. The lowest BCUT2D eigenvalue weighted by molar-refractivity contribution is -0.00627. The van der Waals surface area contributed by atoms with Gasteiger partial charge in [0, 0.05) is 42.9 Å². The van der Waals surface area contributed by atoms with Crippen LogP contribution in [0.1, 0.15) is 29.9 Å². The molecule has 0 spiro atoms. The molecule has 4 aliphatic rings. The summed E-state index contributed by atoms with van der Waals surface area (Å²) in [7, 11) is 1.80. The Morgan fingerprint density at radius 3 is 2.81 bits per heavy atom. The third-order valence-corrected chi connectivity index (χ3v) is 6.87. The second-order valence-electron chi connectivity index (χ2n) is 8.05. The molecule has 2 aromatic rings. The standard InChI is InChI=1S/C21H28N4O/c1-26-19-5-3-2-4-17(19)18-14-25(9-6-15-12-22-23-13-15)20-16-7-10-24(11-8-16)21(18)20/h2-5,12-13,16,18,20-21H,6-11,14H2,1H3,(H,22,23)/t18-,20-,21-/m0/s1. The average molecular weight is 352 g/mol. The van der Waals surface area contributed by atoms with Gasteiger partial charge >= 0.3 is 0 Å². The van der Waals surface area contributed by atoms with Gasteiger partial charge in [-0.1, -0.05) is 18.2 Å². The molecule has 0 radical (unpaired) electrons. The minimum atomic E-state index is 0.545. The molecule has 4 aliphatic heterocycles. The Balaban J connectivity index is 1.44. The van der Waals surface area contributed by atoms with Crippen LogP contribution in [0.15, 0.2) is 36.7 Å². The highest BCUT2D eigenvalue weighted by Crippen LogP contribution is 2.47. The molecule has 0 aliphatic carbocycles. The van der Waals surface area contributed by atoms with Crippen LogP contribution in [0.4, 0.5) is 0 Å². The molecule has 26 heavy (non-hydrogen) atoms. The van der Waals surface area contributed by atoms with Crippen molar-refractivity contribution in [3.8, 4) is 5.75 Å². The van der Waals surface area contributed by atoms with E-state index in [4.69, 9.17) is 4.74 Å². The van der Waals surface area contributed by atoms with Crippen molar-refractivity contribution in [3.05, 3.63) is 47.8 Å². The molecule has 4 saturated heterocycles. The average Bonchev–Trinajstić information content (AvgIpc) is 3.36. The molecule has 2 bridgehead atoms. The molecule has 5 nitrogen and oxygen atoms in total. The van der Waals surface area contributed by atoms with Gasteiger partial charge in [0.25, 0.3) is 0 Å². The zero-order valence-corrected chi connectivity index (χ0v) is 15.5. The number of para-hydroxylation sites is 1. The lowest BCUT2D eigenvalue weighted by Crippen LogP contribution is -2.60. The molecule has 138 valence electrons. The Bertz CT molecular complexity index is 738. The number of nitrogens with one attached hydrogen (secondary N) is 1. The van der Waals surface area contributed by atoms with Crippen molar-refractivity contribution in [1.82, 2.24) is 20.0 Å². The molecular weight excluding hydrogens is 324 g/mol. The molecule has 1 aromatic carbocycles. The Labute approximate surface area is 155 Å². The van der Waals surface area contributed by atoms with E-state index >= 15 is 0 Å². The van der Waals surface area contributed by atoms with Crippen molar-refractivity contribution in [1.29, 1.82) is 0 Å². The van der Waals surface area contributed by atoms with Crippen LogP contribution in [0.3, 0.4) is 0 Å². The fraction of sp³-hybridized carbons (Fsp3) is 0.571. The van der Waals surface area contributed by atoms with Crippen molar-refractivity contribution in [2.45, 2.75) is 37.3 Å². The van der Waals surface area contributed by atoms with Gasteiger partial charge in [0.15, 0.2) is 0 Å². The maximum atomic E-state index is 5.72. The molecule has 1 aromatic heterocycles. The lowest BCUT2D eigenvalue weighted by atomic mass is 9.75. The number of hydrogen-bond donors (Lipinski definition) is 1. The van der Waals surface area contributed by atoms with Crippen LogP contribution < -0.4 is 4.74 Å². The quantitative estimate of drug-likeness (QED) is 0.898. The summed E-state index contributed by atoms with van der Waals surface area (Å²) in [4.78, 5) is 5.53. The van der Waals surface area contributed by atoms with Crippen LogP contribution in [-0.2, 0) is 6.42 Å². The third-order valence-electron chi connectivity index (χ3n) is 6.87. The molecular formula is C21H28N4O. The number of methoxy groups -OCH3 is 1. The lowest BCUT2D eigenvalue weighted by Gasteiger charge is -2.51. The van der Waals surface area contributed by atoms with E-state index in [2.05, 4.69) is 44.3 Å². The number of ether oxygens (including phenoxy) is 1.